The van der Waals surface area contributed by atoms with Crippen LogP contribution in [-0.4, -0.2) is 5.33 Å². The van der Waals surface area contributed by atoms with E-state index in [2.05, 4.69) is 64.5 Å². The lowest BCUT2D eigenvalue weighted by molar-refractivity contribution is 1.61. The van der Waals surface area contributed by atoms with Gasteiger partial charge in [-0.15, -0.1) is 0 Å². The molecule has 3 rings (SSSR count). The molecule has 0 bridgehead atoms. The number of alkyl halides is 1. The van der Waals surface area contributed by atoms with E-state index in [-0.39, 0.29) is 0 Å². The van der Waals surface area contributed by atoms with Crippen LogP contribution in [0.25, 0.3) is 22.4 Å². The fraction of sp³-hybridized carbons (Fsp3) is 0.0526. The van der Waals surface area contributed by atoms with Crippen molar-refractivity contribution in [3.8, 4) is 0 Å². The number of hydrogen-bond donors (Lipinski definition) is 0. The lowest BCUT2D eigenvalue weighted by Gasteiger charge is -2.08. The van der Waals surface area contributed by atoms with Gasteiger partial charge < -0.3 is 0 Å². The van der Waals surface area contributed by atoms with Crippen molar-refractivity contribution in [2.75, 3.05) is 5.33 Å². The normalized spacial score (nSPS) is 11.9. The van der Waals surface area contributed by atoms with Crippen molar-refractivity contribution in [3.63, 3.8) is 0 Å². The summed E-state index contributed by atoms with van der Waals surface area (Å²) in [6.45, 7) is 0. The molecule has 0 radical (unpaired) electrons. The summed E-state index contributed by atoms with van der Waals surface area (Å²) in [6.07, 6.45) is 2.09. The first-order chi connectivity index (χ1) is 10.7. The molecule has 0 spiro atoms. The van der Waals surface area contributed by atoms with E-state index in [0.29, 0.717) is 10.0 Å². The Morgan fingerprint density at radius 2 is 1.68 bits per heavy atom. The number of fused-ring (bicyclic) bond motifs is 1. The van der Waals surface area contributed by atoms with Gasteiger partial charge in [0.1, 0.15) is 0 Å². The average Bonchev–Trinajstić information content (AvgIpc) is 2.54. The average molecular weight is 392 g/mol. The van der Waals surface area contributed by atoms with Crippen LogP contribution in [0.1, 0.15) is 11.1 Å². The molecule has 3 aromatic rings. The first-order valence-corrected chi connectivity index (χ1v) is 8.76. The quantitative estimate of drug-likeness (QED) is 0.330. The first-order valence-electron chi connectivity index (χ1n) is 6.88. The van der Waals surface area contributed by atoms with Gasteiger partial charge in [-0.3, -0.25) is 0 Å². The lowest BCUT2D eigenvalue weighted by Crippen LogP contribution is -1.87. The zero-order valence-electron chi connectivity index (χ0n) is 11.7. The third-order valence-electron chi connectivity index (χ3n) is 3.56. The third-order valence-corrected chi connectivity index (χ3v) is 4.72. The molecule has 3 aromatic carbocycles. The molecule has 0 aliphatic rings. The van der Waals surface area contributed by atoms with Gasteiger partial charge in [0.05, 0.1) is 0 Å². The SMILES string of the molecule is Clc1ccc(/C=C(\CBr)c2ccc3ccccc3c2)c(Cl)c1. The Hall–Kier alpha value is -1.28. The Kier molecular flexibility index (Phi) is 4.87. The Morgan fingerprint density at radius 3 is 2.41 bits per heavy atom. The van der Waals surface area contributed by atoms with Crippen molar-refractivity contribution in [1.29, 1.82) is 0 Å². The highest BCUT2D eigenvalue weighted by molar-refractivity contribution is 9.09. The predicted octanol–water partition coefficient (Wildman–Crippen LogP) is 7.08. The molecule has 0 aromatic heterocycles. The zero-order valence-corrected chi connectivity index (χ0v) is 14.8. The van der Waals surface area contributed by atoms with Gasteiger partial charge in [0.15, 0.2) is 0 Å². The highest BCUT2D eigenvalue weighted by Gasteiger charge is 2.05. The summed E-state index contributed by atoms with van der Waals surface area (Å²) in [5.41, 5.74) is 3.32. The van der Waals surface area contributed by atoms with Gasteiger partial charge in [0, 0.05) is 15.4 Å². The second-order valence-corrected chi connectivity index (χ2v) is 6.44. The van der Waals surface area contributed by atoms with Crippen molar-refractivity contribution in [2.24, 2.45) is 0 Å². The van der Waals surface area contributed by atoms with Gasteiger partial charge in [0.2, 0.25) is 0 Å². The van der Waals surface area contributed by atoms with Crippen molar-refractivity contribution in [3.05, 3.63) is 81.8 Å². The van der Waals surface area contributed by atoms with E-state index in [1.54, 1.807) is 6.07 Å². The van der Waals surface area contributed by atoms with Crippen LogP contribution in [0.3, 0.4) is 0 Å². The van der Waals surface area contributed by atoms with E-state index >= 15 is 0 Å². The van der Waals surface area contributed by atoms with Crippen LogP contribution >= 0.6 is 39.1 Å². The molecule has 3 heteroatoms. The molecule has 0 heterocycles. The summed E-state index contributed by atoms with van der Waals surface area (Å²) in [4.78, 5) is 0. The van der Waals surface area contributed by atoms with Gasteiger partial charge in [0.25, 0.3) is 0 Å². The minimum absolute atomic E-state index is 0.647. The Morgan fingerprint density at radius 1 is 0.909 bits per heavy atom. The monoisotopic (exact) mass is 390 g/mol. The van der Waals surface area contributed by atoms with Gasteiger partial charge in [-0.2, -0.15) is 0 Å². The minimum Gasteiger partial charge on any atom is -0.0876 e. The van der Waals surface area contributed by atoms with Crippen LogP contribution < -0.4 is 0 Å². The lowest BCUT2D eigenvalue weighted by atomic mass is 10.0. The third kappa shape index (κ3) is 3.38. The molecule has 0 saturated heterocycles. The summed E-state index contributed by atoms with van der Waals surface area (Å²) in [5, 5.41) is 4.53. The maximum absolute atomic E-state index is 6.27. The van der Waals surface area contributed by atoms with Crippen molar-refractivity contribution < 1.29 is 0 Å². The van der Waals surface area contributed by atoms with Crippen LogP contribution in [-0.2, 0) is 0 Å². The molecule has 0 unspecified atom stereocenters. The topological polar surface area (TPSA) is 0 Å². The van der Waals surface area contributed by atoms with Crippen molar-refractivity contribution in [2.45, 2.75) is 0 Å². The number of allylic oxidation sites excluding steroid dienone is 1. The highest BCUT2D eigenvalue weighted by Crippen LogP contribution is 2.28. The number of benzene rings is 3. The molecule has 0 amide bonds. The molecule has 22 heavy (non-hydrogen) atoms. The molecule has 0 saturated carbocycles. The summed E-state index contributed by atoms with van der Waals surface area (Å²) in [5.74, 6) is 0. The smallest absolute Gasteiger partial charge is 0.0493 e. The van der Waals surface area contributed by atoms with E-state index in [1.165, 1.54) is 21.9 Å². The highest BCUT2D eigenvalue weighted by atomic mass is 79.9. The Labute approximate surface area is 148 Å². The summed E-state index contributed by atoms with van der Waals surface area (Å²) in [6, 6.07) is 20.4. The Balaban J connectivity index is 2.06. The molecular weight excluding hydrogens is 379 g/mol. The molecule has 0 aliphatic carbocycles. The maximum atomic E-state index is 6.27. The van der Waals surface area contributed by atoms with Crippen LogP contribution in [0, 0.1) is 0 Å². The van der Waals surface area contributed by atoms with Crippen molar-refractivity contribution in [1.82, 2.24) is 0 Å². The largest absolute Gasteiger partial charge is 0.0876 e. The molecule has 0 fully saturated rings. The van der Waals surface area contributed by atoms with Crippen molar-refractivity contribution >= 4 is 61.6 Å². The molecule has 0 aliphatic heterocycles. The molecule has 0 nitrogen and oxygen atoms in total. The summed E-state index contributed by atoms with van der Waals surface area (Å²) >= 11 is 15.8. The Bertz CT molecular complexity index is 853. The first kappa shape index (κ1) is 15.6. The van der Waals surface area contributed by atoms with Gasteiger partial charge in [-0.25, -0.2) is 0 Å². The van der Waals surface area contributed by atoms with E-state index in [0.717, 1.165) is 10.9 Å². The molecular formula is C19H13BrCl2. The van der Waals surface area contributed by atoms with Crippen LogP contribution in [0.5, 0.6) is 0 Å². The predicted molar refractivity (Wildman–Crippen MR) is 102 cm³/mol. The van der Waals surface area contributed by atoms with Gasteiger partial charge in [-0.1, -0.05) is 81.6 Å². The summed E-state index contributed by atoms with van der Waals surface area (Å²) < 4.78 is 0. The van der Waals surface area contributed by atoms with E-state index in [1.807, 2.05) is 12.1 Å². The number of hydrogen-bond acceptors (Lipinski definition) is 0. The van der Waals surface area contributed by atoms with E-state index in [9.17, 15) is 0 Å². The second-order valence-electron chi connectivity index (χ2n) is 5.03. The minimum atomic E-state index is 0.647. The van der Waals surface area contributed by atoms with Crippen LogP contribution in [0.2, 0.25) is 10.0 Å². The summed E-state index contributed by atoms with van der Waals surface area (Å²) in [7, 11) is 0. The fourth-order valence-corrected chi connectivity index (χ4v) is 3.34. The van der Waals surface area contributed by atoms with Crippen LogP contribution in [0.15, 0.2) is 60.7 Å². The zero-order chi connectivity index (χ0) is 15.5. The fourth-order valence-electron chi connectivity index (χ4n) is 2.39. The van der Waals surface area contributed by atoms with Gasteiger partial charge in [-0.05, 0) is 51.7 Å². The van der Waals surface area contributed by atoms with Gasteiger partial charge >= 0.3 is 0 Å². The second kappa shape index (κ2) is 6.87. The molecule has 110 valence electrons. The number of halogens is 3. The standard InChI is InChI=1S/C19H13BrCl2/c20-12-17(10-16-7-8-18(21)11-19(16)22)15-6-5-13-3-1-2-4-14(13)9-15/h1-11H,12H2/b17-10+. The number of rotatable bonds is 3. The van der Waals surface area contributed by atoms with Crippen LogP contribution in [0.4, 0.5) is 0 Å². The maximum Gasteiger partial charge on any atom is 0.0493 e. The molecule has 0 atom stereocenters. The molecule has 0 N–H and O–H groups in total. The van der Waals surface area contributed by atoms with E-state index < -0.39 is 0 Å². The van der Waals surface area contributed by atoms with E-state index in [4.69, 9.17) is 23.2 Å².